The Balaban J connectivity index is 2.08. The van der Waals surface area contributed by atoms with Crippen molar-refractivity contribution < 1.29 is 19.2 Å². The van der Waals surface area contributed by atoms with E-state index in [9.17, 15) is 9.59 Å². The molecule has 0 bridgehead atoms. The van der Waals surface area contributed by atoms with Crippen molar-refractivity contribution in [1.82, 2.24) is 20.8 Å². The van der Waals surface area contributed by atoms with Gasteiger partial charge in [-0.3, -0.25) is 4.79 Å². The summed E-state index contributed by atoms with van der Waals surface area (Å²) in [7, 11) is 0. The molecule has 1 aromatic heterocycles. The number of hydrogen-bond acceptors (Lipinski definition) is 5. The fourth-order valence-electron chi connectivity index (χ4n) is 1.29. The first-order chi connectivity index (χ1) is 8.58. The monoisotopic (exact) mass is 256 g/mol. The molecule has 0 saturated heterocycles. The van der Waals surface area contributed by atoms with Gasteiger partial charge in [-0.25, -0.2) is 4.79 Å². The van der Waals surface area contributed by atoms with Crippen molar-refractivity contribution in [3.8, 4) is 0 Å². The average molecular weight is 256 g/mol. The number of urea groups is 1. The number of carboxylic acids is 1. The molecule has 0 saturated carbocycles. The smallest absolute Gasteiger partial charge is 0.314 e. The van der Waals surface area contributed by atoms with Gasteiger partial charge in [0.15, 0.2) is 6.33 Å². The number of nitrogens with zero attached hydrogens (tertiary/aromatic N) is 2. The summed E-state index contributed by atoms with van der Waals surface area (Å²) in [4.78, 5) is 25.5. The molecule has 8 nitrogen and oxygen atoms in total. The van der Waals surface area contributed by atoms with Gasteiger partial charge in [0.2, 0.25) is 5.89 Å². The Morgan fingerprint density at radius 1 is 1.50 bits per heavy atom. The van der Waals surface area contributed by atoms with Crippen LogP contribution in [0.3, 0.4) is 0 Å². The zero-order valence-electron chi connectivity index (χ0n) is 10.0. The van der Waals surface area contributed by atoms with E-state index >= 15 is 0 Å². The van der Waals surface area contributed by atoms with Crippen LogP contribution in [-0.2, 0) is 11.2 Å². The number of carboxylic acid groups (broad SMARTS) is 1. The summed E-state index contributed by atoms with van der Waals surface area (Å²) < 4.78 is 4.76. The minimum absolute atomic E-state index is 0.0300. The number of aliphatic carboxylic acids is 1. The molecular weight excluding hydrogens is 240 g/mol. The normalized spacial score (nSPS) is 11.8. The fraction of sp³-hybridized carbons (Fsp3) is 0.600. The lowest BCUT2D eigenvalue weighted by molar-refractivity contribution is -0.137. The largest absolute Gasteiger partial charge is 0.481 e. The topological polar surface area (TPSA) is 117 Å². The van der Waals surface area contributed by atoms with Gasteiger partial charge < -0.3 is 20.3 Å². The van der Waals surface area contributed by atoms with Gasteiger partial charge in [-0.05, 0) is 5.92 Å². The highest BCUT2D eigenvalue weighted by atomic mass is 16.5. The van der Waals surface area contributed by atoms with Crippen LogP contribution in [0.2, 0.25) is 0 Å². The second-order valence-electron chi connectivity index (χ2n) is 3.92. The van der Waals surface area contributed by atoms with E-state index in [2.05, 4.69) is 20.8 Å². The van der Waals surface area contributed by atoms with Gasteiger partial charge >= 0.3 is 12.0 Å². The zero-order chi connectivity index (χ0) is 13.4. The van der Waals surface area contributed by atoms with Crippen molar-refractivity contribution in [2.75, 3.05) is 13.1 Å². The van der Waals surface area contributed by atoms with Crippen LogP contribution >= 0.6 is 0 Å². The quantitative estimate of drug-likeness (QED) is 0.633. The van der Waals surface area contributed by atoms with E-state index in [1.165, 1.54) is 6.33 Å². The molecule has 8 heteroatoms. The van der Waals surface area contributed by atoms with E-state index in [-0.39, 0.29) is 18.4 Å². The first kappa shape index (κ1) is 13.9. The molecule has 1 heterocycles. The molecule has 0 aliphatic rings. The third kappa shape index (κ3) is 5.83. The second kappa shape index (κ2) is 7.25. The zero-order valence-corrected chi connectivity index (χ0v) is 10.0. The van der Waals surface area contributed by atoms with Crippen LogP contribution in [0.15, 0.2) is 10.9 Å². The third-order valence-electron chi connectivity index (χ3n) is 2.17. The lowest BCUT2D eigenvalue weighted by atomic mass is 10.1. The first-order valence-electron chi connectivity index (χ1n) is 5.57. The van der Waals surface area contributed by atoms with Crippen molar-refractivity contribution in [2.45, 2.75) is 19.8 Å². The van der Waals surface area contributed by atoms with Crippen LogP contribution in [0.4, 0.5) is 4.79 Å². The van der Waals surface area contributed by atoms with Crippen LogP contribution in [0.5, 0.6) is 0 Å². The Labute approximate surface area is 104 Å². The van der Waals surface area contributed by atoms with Crippen LogP contribution in [0.1, 0.15) is 19.2 Å². The maximum absolute atomic E-state index is 11.3. The van der Waals surface area contributed by atoms with E-state index < -0.39 is 5.97 Å². The van der Waals surface area contributed by atoms with Crippen molar-refractivity contribution in [3.05, 3.63) is 12.2 Å². The molecule has 2 amide bonds. The number of hydrogen-bond donors (Lipinski definition) is 3. The van der Waals surface area contributed by atoms with Crippen molar-refractivity contribution >= 4 is 12.0 Å². The molecule has 100 valence electrons. The van der Waals surface area contributed by atoms with E-state index in [4.69, 9.17) is 9.63 Å². The minimum Gasteiger partial charge on any atom is -0.481 e. The van der Waals surface area contributed by atoms with Crippen LogP contribution in [-0.4, -0.2) is 40.3 Å². The molecule has 0 fully saturated rings. The van der Waals surface area contributed by atoms with Gasteiger partial charge in [-0.15, -0.1) is 0 Å². The summed E-state index contributed by atoms with van der Waals surface area (Å²) in [5.41, 5.74) is 0. The van der Waals surface area contributed by atoms with Crippen LogP contribution in [0.25, 0.3) is 0 Å². The molecule has 1 atom stereocenters. The second-order valence-corrected chi connectivity index (χ2v) is 3.92. The van der Waals surface area contributed by atoms with Crippen molar-refractivity contribution in [3.63, 3.8) is 0 Å². The maximum atomic E-state index is 11.3. The minimum atomic E-state index is -0.874. The molecule has 0 aromatic carbocycles. The first-order valence-corrected chi connectivity index (χ1v) is 5.57. The Morgan fingerprint density at radius 3 is 2.89 bits per heavy atom. The van der Waals surface area contributed by atoms with E-state index in [1.807, 2.05) is 0 Å². The van der Waals surface area contributed by atoms with Gasteiger partial charge in [-0.1, -0.05) is 12.1 Å². The standard InChI is InChI=1S/C10H16N4O4/c1-7(4-9(15)16)5-12-10(17)11-3-2-8-13-6-14-18-8/h6-7H,2-5H2,1H3,(H,15,16)(H2,11,12,17). The predicted octanol–water partition coefficient (Wildman–Crippen LogP) is 0.0221. The van der Waals surface area contributed by atoms with E-state index in [0.717, 1.165) is 0 Å². The Hall–Kier alpha value is -2.12. The van der Waals surface area contributed by atoms with Crippen molar-refractivity contribution in [1.29, 1.82) is 0 Å². The predicted molar refractivity (Wildman–Crippen MR) is 60.8 cm³/mol. The molecule has 1 unspecified atom stereocenters. The van der Waals surface area contributed by atoms with Gasteiger partial charge in [0.25, 0.3) is 0 Å². The van der Waals surface area contributed by atoms with E-state index in [1.54, 1.807) is 6.92 Å². The number of aromatic nitrogens is 2. The fourth-order valence-corrected chi connectivity index (χ4v) is 1.29. The third-order valence-corrected chi connectivity index (χ3v) is 2.17. The molecule has 0 aliphatic carbocycles. The Kier molecular flexibility index (Phi) is 5.62. The van der Waals surface area contributed by atoms with Gasteiger partial charge in [0.05, 0.1) is 0 Å². The summed E-state index contributed by atoms with van der Waals surface area (Å²) in [5.74, 6) is -0.528. The molecular formula is C10H16N4O4. The highest BCUT2D eigenvalue weighted by molar-refractivity contribution is 5.74. The molecule has 0 aliphatic heterocycles. The van der Waals surface area contributed by atoms with Crippen LogP contribution in [0, 0.1) is 5.92 Å². The highest BCUT2D eigenvalue weighted by Gasteiger charge is 2.09. The summed E-state index contributed by atoms with van der Waals surface area (Å²) in [5, 5.41) is 17.2. The lowest BCUT2D eigenvalue weighted by Crippen LogP contribution is -2.39. The number of carbonyl (C=O) groups excluding carboxylic acids is 1. The van der Waals surface area contributed by atoms with Crippen molar-refractivity contribution in [2.24, 2.45) is 5.92 Å². The molecule has 0 radical (unpaired) electrons. The lowest BCUT2D eigenvalue weighted by Gasteiger charge is -2.10. The Bertz CT molecular complexity index is 379. The number of nitrogens with one attached hydrogen (secondary N) is 2. The molecule has 1 rings (SSSR count). The van der Waals surface area contributed by atoms with E-state index in [0.29, 0.717) is 25.4 Å². The van der Waals surface area contributed by atoms with Gasteiger partial charge in [0, 0.05) is 25.9 Å². The number of rotatable bonds is 7. The molecule has 3 N–H and O–H groups in total. The summed E-state index contributed by atoms with van der Waals surface area (Å²) in [6.07, 6.45) is 1.78. The number of carbonyl (C=O) groups is 2. The molecule has 0 spiro atoms. The summed E-state index contributed by atoms with van der Waals surface area (Å²) >= 11 is 0. The maximum Gasteiger partial charge on any atom is 0.314 e. The average Bonchev–Trinajstić information content (AvgIpc) is 2.78. The Morgan fingerprint density at radius 2 is 2.28 bits per heavy atom. The highest BCUT2D eigenvalue weighted by Crippen LogP contribution is 1.98. The van der Waals surface area contributed by atoms with Crippen LogP contribution < -0.4 is 10.6 Å². The summed E-state index contributed by atoms with van der Waals surface area (Å²) in [6.45, 7) is 2.45. The summed E-state index contributed by atoms with van der Waals surface area (Å²) in [6, 6.07) is -0.341. The molecule has 1 aromatic rings. The van der Waals surface area contributed by atoms with Gasteiger partial charge in [0.1, 0.15) is 0 Å². The number of amides is 2. The van der Waals surface area contributed by atoms with Gasteiger partial charge in [-0.2, -0.15) is 4.98 Å². The SMILES string of the molecule is CC(CNC(=O)NCCc1ncno1)CC(=O)O. The molecule has 18 heavy (non-hydrogen) atoms.